The zero-order valence-electron chi connectivity index (χ0n) is 18.2. The van der Waals surface area contributed by atoms with Gasteiger partial charge in [-0.2, -0.15) is 0 Å². The van der Waals surface area contributed by atoms with Crippen molar-refractivity contribution >= 4 is 39.9 Å². The molecular weight excluding hydrogens is 429 g/mol. The third-order valence-corrected chi connectivity index (χ3v) is 6.81. The van der Waals surface area contributed by atoms with E-state index in [0.717, 1.165) is 73.8 Å². The second kappa shape index (κ2) is 9.74. The van der Waals surface area contributed by atoms with E-state index < -0.39 is 0 Å². The van der Waals surface area contributed by atoms with Crippen LogP contribution in [0.3, 0.4) is 0 Å². The molecule has 1 saturated heterocycles. The Morgan fingerprint density at radius 3 is 2.45 bits per heavy atom. The monoisotopic (exact) mass is 457 g/mol. The maximum atomic E-state index is 12.1. The minimum Gasteiger partial charge on any atom is -0.346 e. The first-order valence-corrected chi connectivity index (χ1v) is 11.7. The number of benzene rings is 2. The van der Waals surface area contributed by atoms with Crippen LogP contribution in [-0.4, -0.2) is 52.9 Å². The van der Waals surface area contributed by atoms with Crippen molar-refractivity contribution < 1.29 is 4.79 Å². The fourth-order valence-electron chi connectivity index (χ4n) is 4.53. The molecule has 0 N–H and O–H groups in total. The molecular formula is C25H29Cl2N3O. The Hall–Kier alpha value is -1.85. The third-order valence-electron chi connectivity index (χ3n) is 6.23. The number of para-hydroxylation sites is 1. The average molecular weight is 458 g/mol. The van der Waals surface area contributed by atoms with E-state index in [4.69, 9.17) is 23.2 Å². The van der Waals surface area contributed by atoms with Gasteiger partial charge in [-0.25, -0.2) is 0 Å². The normalized spacial score (nSPS) is 15.6. The van der Waals surface area contributed by atoms with E-state index in [1.165, 1.54) is 11.1 Å². The summed E-state index contributed by atoms with van der Waals surface area (Å²) < 4.78 is 2.26. The molecule has 164 valence electrons. The highest BCUT2D eigenvalue weighted by atomic mass is 35.5. The standard InChI is InChI=1S/C25H29Cl2N3O/c1-18-5-3-6-22-23(19(2)31)17-30(25(18)22)10-4-9-28-11-13-29(14-12-28)16-20-7-8-21(26)15-24(20)27/h3,5-8,15,17H,4,9-14,16H2,1-2H3. The molecule has 0 saturated carbocycles. The lowest BCUT2D eigenvalue weighted by atomic mass is 10.1. The summed E-state index contributed by atoms with van der Waals surface area (Å²) in [6.45, 7) is 10.8. The molecule has 1 aromatic heterocycles. The Morgan fingerprint density at radius 1 is 1.00 bits per heavy atom. The molecule has 1 fully saturated rings. The zero-order valence-corrected chi connectivity index (χ0v) is 19.7. The van der Waals surface area contributed by atoms with Crippen LogP contribution in [0, 0.1) is 6.92 Å². The zero-order chi connectivity index (χ0) is 22.0. The van der Waals surface area contributed by atoms with Crippen LogP contribution in [-0.2, 0) is 13.1 Å². The van der Waals surface area contributed by atoms with E-state index in [2.05, 4.69) is 33.4 Å². The fourth-order valence-corrected chi connectivity index (χ4v) is 5.00. The molecule has 0 amide bonds. The van der Waals surface area contributed by atoms with Gasteiger partial charge in [0.15, 0.2) is 5.78 Å². The summed E-state index contributed by atoms with van der Waals surface area (Å²) in [5.41, 5.74) is 4.38. The lowest BCUT2D eigenvalue weighted by molar-refractivity contribution is 0.101. The van der Waals surface area contributed by atoms with Crippen molar-refractivity contribution in [3.8, 4) is 0 Å². The van der Waals surface area contributed by atoms with E-state index in [1.807, 2.05) is 30.5 Å². The van der Waals surface area contributed by atoms with Gasteiger partial charge >= 0.3 is 0 Å². The number of ketones is 1. The fraction of sp³-hybridized carbons (Fsp3) is 0.400. The molecule has 1 aliphatic heterocycles. The number of fused-ring (bicyclic) bond motifs is 1. The van der Waals surface area contributed by atoms with Gasteiger partial charge in [-0.15, -0.1) is 0 Å². The minimum atomic E-state index is 0.131. The van der Waals surface area contributed by atoms with Crippen LogP contribution in [0.4, 0.5) is 0 Å². The smallest absolute Gasteiger partial charge is 0.161 e. The number of carbonyl (C=O) groups excluding carboxylic acids is 1. The van der Waals surface area contributed by atoms with Gasteiger partial charge in [0.05, 0.1) is 5.52 Å². The number of hydrogen-bond acceptors (Lipinski definition) is 3. The number of hydrogen-bond donors (Lipinski definition) is 0. The highest BCUT2D eigenvalue weighted by molar-refractivity contribution is 6.35. The summed E-state index contributed by atoms with van der Waals surface area (Å²) in [7, 11) is 0. The minimum absolute atomic E-state index is 0.131. The molecule has 0 bridgehead atoms. The van der Waals surface area contributed by atoms with Crippen molar-refractivity contribution in [1.29, 1.82) is 0 Å². The topological polar surface area (TPSA) is 28.5 Å². The Labute approximate surface area is 194 Å². The Kier molecular flexibility index (Phi) is 7.02. The molecule has 6 heteroatoms. The number of Topliss-reactive ketones (excluding diaryl/α,β-unsaturated/α-hetero) is 1. The summed E-state index contributed by atoms with van der Waals surface area (Å²) in [6, 6.07) is 12.0. The van der Waals surface area contributed by atoms with Crippen molar-refractivity contribution in [3.05, 3.63) is 69.3 Å². The van der Waals surface area contributed by atoms with Gasteiger partial charge in [-0.1, -0.05) is 47.5 Å². The number of aryl methyl sites for hydroxylation is 2. The lowest BCUT2D eigenvalue weighted by Crippen LogP contribution is -2.46. The van der Waals surface area contributed by atoms with Crippen LogP contribution < -0.4 is 0 Å². The van der Waals surface area contributed by atoms with E-state index in [0.29, 0.717) is 5.02 Å². The molecule has 2 heterocycles. The van der Waals surface area contributed by atoms with Gasteiger partial charge in [-0.3, -0.25) is 9.69 Å². The maximum absolute atomic E-state index is 12.1. The van der Waals surface area contributed by atoms with Crippen LogP contribution in [0.1, 0.15) is 34.8 Å². The Balaban J connectivity index is 1.30. The highest BCUT2D eigenvalue weighted by Crippen LogP contribution is 2.26. The summed E-state index contributed by atoms with van der Waals surface area (Å²) in [5.74, 6) is 0.131. The number of halogens is 2. The SMILES string of the molecule is CC(=O)c1cn(CCCN2CCN(Cc3ccc(Cl)cc3Cl)CC2)c2c(C)cccc12. The Morgan fingerprint density at radius 2 is 1.74 bits per heavy atom. The summed E-state index contributed by atoms with van der Waals surface area (Å²) in [4.78, 5) is 17.0. The predicted molar refractivity (Wildman–Crippen MR) is 129 cm³/mol. The first kappa shape index (κ1) is 22.3. The molecule has 0 atom stereocenters. The van der Waals surface area contributed by atoms with Gasteiger partial charge in [0.2, 0.25) is 0 Å². The number of aromatic nitrogens is 1. The average Bonchev–Trinajstić information content (AvgIpc) is 3.12. The number of rotatable bonds is 7. The number of carbonyl (C=O) groups is 1. The van der Waals surface area contributed by atoms with E-state index in [1.54, 1.807) is 6.92 Å². The first-order valence-electron chi connectivity index (χ1n) is 10.9. The first-order chi connectivity index (χ1) is 14.9. The molecule has 2 aromatic carbocycles. The second-order valence-electron chi connectivity index (χ2n) is 8.47. The molecule has 1 aliphatic rings. The van der Waals surface area contributed by atoms with Crippen molar-refractivity contribution in [3.63, 3.8) is 0 Å². The molecule has 0 radical (unpaired) electrons. The molecule has 31 heavy (non-hydrogen) atoms. The number of piperazine rings is 1. The molecule has 4 nitrogen and oxygen atoms in total. The van der Waals surface area contributed by atoms with Crippen molar-refractivity contribution in [2.45, 2.75) is 33.4 Å². The highest BCUT2D eigenvalue weighted by Gasteiger charge is 2.18. The summed E-state index contributed by atoms with van der Waals surface area (Å²) in [6.07, 6.45) is 3.10. The molecule has 3 aromatic rings. The third kappa shape index (κ3) is 5.15. The molecule has 0 spiro atoms. The van der Waals surface area contributed by atoms with E-state index >= 15 is 0 Å². The van der Waals surface area contributed by atoms with Gasteiger partial charge in [0.1, 0.15) is 0 Å². The summed E-state index contributed by atoms with van der Waals surface area (Å²) >= 11 is 12.3. The van der Waals surface area contributed by atoms with Crippen LogP contribution in [0.25, 0.3) is 10.9 Å². The maximum Gasteiger partial charge on any atom is 0.161 e. The van der Waals surface area contributed by atoms with Gasteiger partial charge in [0, 0.05) is 66.5 Å². The van der Waals surface area contributed by atoms with Crippen molar-refractivity contribution in [2.24, 2.45) is 0 Å². The van der Waals surface area contributed by atoms with Gasteiger partial charge in [0.25, 0.3) is 0 Å². The predicted octanol–water partition coefficient (Wildman–Crippen LogP) is 5.67. The van der Waals surface area contributed by atoms with E-state index in [-0.39, 0.29) is 5.78 Å². The van der Waals surface area contributed by atoms with Crippen molar-refractivity contribution in [2.75, 3.05) is 32.7 Å². The van der Waals surface area contributed by atoms with Crippen LogP contribution in [0.2, 0.25) is 10.0 Å². The lowest BCUT2D eigenvalue weighted by Gasteiger charge is -2.35. The van der Waals surface area contributed by atoms with Gasteiger partial charge in [-0.05, 0) is 50.1 Å². The van der Waals surface area contributed by atoms with Gasteiger partial charge < -0.3 is 9.47 Å². The molecule has 0 aliphatic carbocycles. The number of nitrogens with zero attached hydrogens (tertiary/aromatic N) is 3. The Bertz CT molecular complexity index is 1080. The summed E-state index contributed by atoms with van der Waals surface area (Å²) in [5, 5.41) is 2.50. The molecule has 4 rings (SSSR count). The quantitative estimate of drug-likeness (QED) is 0.428. The van der Waals surface area contributed by atoms with Crippen LogP contribution in [0.15, 0.2) is 42.6 Å². The van der Waals surface area contributed by atoms with Crippen LogP contribution >= 0.6 is 23.2 Å². The largest absolute Gasteiger partial charge is 0.346 e. The van der Waals surface area contributed by atoms with Crippen LogP contribution in [0.5, 0.6) is 0 Å². The molecule has 0 unspecified atom stereocenters. The van der Waals surface area contributed by atoms with E-state index in [9.17, 15) is 4.79 Å². The second-order valence-corrected chi connectivity index (χ2v) is 9.31. The van der Waals surface area contributed by atoms with Crippen molar-refractivity contribution in [1.82, 2.24) is 14.4 Å².